The molecule has 1 aromatic carbocycles. The molecule has 4 rings (SSSR count). The lowest BCUT2D eigenvalue weighted by Crippen LogP contribution is -2.50. The molecule has 0 spiro atoms. The fraction of sp³-hybridized carbons (Fsp3) is 0.500. The maximum absolute atomic E-state index is 13.4. The Morgan fingerprint density at radius 1 is 1.06 bits per heavy atom. The average molecular weight is 498 g/mol. The van der Waals surface area contributed by atoms with Gasteiger partial charge in [0.2, 0.25) is 5.75 Å². The van der Waals surface area contributed by atoms with Crippen LogP contribution >= 0.6 is 0 Å². The van der Waals surface area contributed by atoms with E-state index in [1.807, 2.05) is 23.2 Å². The zero-order valence-electron chi connectivity index (χ0n) is 21.0. The summed E-state index contributed by atoms with van der Waals surface area (Å²) in [4.78, 5) is 35.8. The van der Waals surface area contributed by atoms with Gasteiger partial charge in [0.25, 0.3) is 11.8 Å². The number of aromatic nitrogens is 1. The van der Waals surface area contributed by atoms with Crippen LogP contribution in [-0.4, -0.2) is 93.2 Å². The zero-order valence-corrected chi connectivity index (χ0v) is 21.0. The number of piperazine rings is 1. The van der Waals surface area contributed by atoms with Gasteiger partial charge in [0.1, 0.15) is 5.82 Å². The molecule has 1 aromatic heterocycles. The number of pyridine rings is 1. The van der Waals surface area contributed by atoms with E-state index in [1.54, 1.807) is 12.1 Å². The smallest absolute Gasteiger partial charge is 0.255 e. The number of benzene rings is 1. The van der Waals surface area contributed by atoms with Gasteiger partial charge in [-0.3, -0.25) is 14.5 Å². The van der Waals surface area contributed by atoms with Gasteiger partial charge in [-0.1, -0.05) is 6.07 Å². The largest absolute Gasteiger partial charge is 0.493 e. The van der Waals surface area contributed by atoms with Crippen molar-refractivity contribution in [2.45, 2.75) is 12.8 Å². The maximum atomic E-state index is 13.4. The van der Waals surface area contributed by atoms with Crippen molar-refractivity contribution in [1.29, 1.82) is 0 Å². The molecule has 2 amide bonds. The number of nitrogens with zero attached hydrogens (tertiary/aromatic N) is 4. The van der Waals surface area contributed by atoms with Gasteiger partial charge >= 0.3 is 0 Å². The molecule has 2 fully saturated rings. The third-order valence-electron chi connectivity index (χ3n) is 6.73. The second kappa shape index (κ2) is 11.9. The van der Waals surface area contributed by atoms with Crippen LogP contribution in [0.25, 0.3) is 0 Å². The van der Waals surface area contributed by atoms with E-state index in [-0.39, 0.29) is 18.3 Å². The Bertz CT molecular complexity index is 1020. The number of methoxy groups -OCH3 is 2. The Morgan fingerprint density at radius 2 is 1.78 bits per heavy atom. The fourth-order valence-corrected chi connectivity index (χ4v) is 4.94. The van der Waals surface area contributed by atoms with Gasteiger partial charge in [0, 0.05) is 57.6 Å². The summed E-state index contributed by atoms with van der Waals surface area (Å²) in [5, 5.41) is 0. The minimum absolute atomic E-state index is 0.0716. The summed E-state index contributed by atoms with van der Waals surface area (Å²) in [6, 6.07) is 9.27. The molecule has 0 saturated carbocycles. The number of carbonyl (C=O) groups is 2. The van der Waals surface area contributed by atoms with E-state index in [9.17, 15) is 9.59 Å². The van der Waals surface area contributed by atoms with Crippen LogP contribution in [0.5, 0.6) is 17.2 Å². The van der Waals surface area contributed by atoms with E-state index in [0.717, 1.165) is 51.4 Å². The average Bonchev–Trinajstić information content (AvgIpc) is 2.92. The number of hydrogen-bond donors (Lipinski definition) is 1. The minimum Gasteiger partial charge on any atom is -0.493 e. The molecule has 2 N–H and O–H groups in total. The SMILES string of the molecule is COc1cc(C(=O)N2CCCC(CN3CCN(c4ccccn4)CC3)C2)cc(OC)c1OCC(N)=O. The normalized spacial score (nSPS) is 18.6. The number of piperidine rings is 1. The van der Waals surface area contributed by atoms with Crippen LogP contribution in [-0.2, 0) is 4.79 Å². The van der Waals surface area contributed by atoms with Gasteiger partial charge in [-0.05, 0) is 43.0 Å². The summed E-state index contributed by atoms with van der Waals surface area (Å²) >= 11 is 0. The summed E-state index contributed by atoms with van der Waals surface area (Å²) in [5.74, 6) is 1.65. The molecule has 0 radical (unpaired) electrons. The van der Waals surface area contributed by atoms with Crippen LogP contribution in [0.2, 0.25) is 0 Å². The van der Waals surface area contributed by atoms with Crippen molar-refractivity contribution in [2.24, 2.45) is 11.7 Å². The van der Waals surface area contributed by atoms with E-state index in [0.29, 0.717) is 36.1 Å². The van der Waals surface area contributed by atoms with E-state index < -0.39 is 5.91 Å². The van der Waals surface area contributed by atoms with Gasteiger partial charge in [0.15, 0.2) is 18.1 Å². The number of likely N-dealkylation sites (tertiary alicyclic amines) is 1. The summed E-state index contributed by atoms with van der Waals surface area (Å²) < 4.78 is 16.3. The summed E-state index contributed by atoms with van der Waals surface area (Å²) in [5.41, 5.74) is 5.66. The van der Waals surface area contributed by atoms with E-state index in [2.05, 4.69) is 20.9 Å². The molecular weight excluding hydrogens is 462 g/mol. The number of primary amides is 1. The lowest BCUT2D eigenvalue weighted by Gasteiger charge is -2.39. The highest BCUT2D eigenvalue weighted by molar-refractivity contribution is 5.95. The topological polar surface area (TPSA) is 110 Å². The molecule has 2 saturated heterocycles. The maximum Gasteiger partial charge on any atom is 0.255 e. The van der Waals surface area contributed by atoms with Crippen LogP contribution in [0.15, 0.2) is 36.5 Å². The predicted octanol–water partition coefficient (Wildman–Crippen LogP) is 1.64. The third kappa shape index (κ3) is 6.17. The van der Waals surface area contributed by atoms with Gasteiger partial charge < -0.3 is 29.7 Å². The van der Waals surface area contributed by atoms with Gasteiger partial charge in [-0.15, -0.1) is 0 Å². The summed E-state index contributed by atoms with van der Waals surface area (Å²) in [6.45, 7) is 5.98. The highest BCUT2D eigenvalue weighted by atomic mass is 16.5. The third-order valence-corrected chi connectivity index (χ3v) is 6.73. The highest BCUT2D eigenvalue weighted by Crippen LogP contribution is 2.39. The second-order valence-corrected chi connectivity index (χ2v) is 9.20. The van der Waals surface area contributed by atoms with Crippen LogP contribution < -0.4 is 24.8 Å². The Kier molecular flexibility index (Phi) is 8.48. The molecule has 10 heteroatoms. The molecule has 1 atom stereocenters. The molecule has 10 nitrogen and oxygen atoms in total. The first-order valence-electron chi connectivity index (χ1n) is 12.3. The molecule has 0 bridgehead atoms. The monoisotopic (exact) mass is 497 g/mol. The van der Waals surface area contributed by atoms with Crippen LogP contribution in [0, 0.1) is 5.92 Å². The molecule has 2 aliphatic heterocycles. The fourth-order valence-electron chi connectivity index (χ4n) is 4.94. The number of rotatable bonds is 9. The quantitative estimate of drug-likeness (QED) is 0.557. The first-order valence-corrected chi connectivity index (χ1v) is 12.3. The number of anilines is 1. The van der Waals surface area contributed by atoms with Gasteiger partial charge in [0.05, 0.1) is 14.2 Å². The summed E-state index contributed by atoms with van der Waals surface area (Å²) in [7, 11) is 2.95. The van der Waals surface area contributed by atoms with Crippen molar-refractivity contribution in [1.82, 2.24) is 14.8 Å². The molecule has 1 unspecified atom stereocenters. The molecule has 194 valence electrons. The minimum atomic E-state index is -0.614. The lowest BCUT2D eigenvalue weighted by molar-refractivity contribution is -0.120. The van der Waals surface area contributed by atoms with E-state index >= 15 is 0 Å². The lowest BCUT2D eigenvalue weighted by atomic mass is 9.96. The molecule has 2 aliphatic rings. The van der Waals surface area contributed by atoms with Crippen LogP contribution in [0.3, 0.4) is 0 Å². The number of amides is 2. The highest BCUT2D eigenvalue weighted by Gasteiger charge is 2.29. The van der Waals surface area contributed by atoms with Gasteiger partial charge in [-0.2, -0.15) is 0 Å². The Balaban J connectivity index is 1.37. The van der Waals surface area contributed by atoms with E-state index in [4.69, 9.17) is 19.9 Å². The number of hydrogen-bond acceptors (Lipinski definition) is 8. The van der Waals surface area contributed by atoms with Crippen molar-refractivity contribution in [2.75, 3.05) is 71.5 Å². The van der Waals surface area contributed by atoms with Crippen LogP contribution in [0.1, 0.15) is 23.2 Å². The Morgan fingerprint density at radius 3 is 2.39 bits per heavy atom. The zero-order chi connectivity index (χ0) is 25.5. The molecule has 2 aromatic rings. The van der Waals surface area contributed by atoms with Crippen molar-refractivity contribution in [3.63, 3.8) is 0 Å². The molecule has 3 heterocycles. The van der Waals surface area contributed by atoms with Crippen molar-refractivity contribution < 1.29 is 23.8 Å². The first-order chi connectivity index (χ1) is 17.5. The number of carbonyl (C=O) groups excluding carboxylic acids is 2. The van der Waals surface area contributed by atoms with Crippen molar-refractivity contribution >= 4 is 17.6 Å². The second-order valence-electron chi connectivity index (χ2n) is 9.20. The Labute approximate surface area is 211 Å². The Hall–Kier alpha value is -3.53. The van der Waals surface area contributed by atoms with Crippen molar-refractivity contribution in [3.05, 3.63) is 42.1 Å². The number of ether oxygens (including phenoxy) is 3. The predicted molar refractivity (Wildman–Crippen MR) is 136 cm³/mol. The molecule has 36 heavy (non-hydrogen) atoms. The molecular formula is C26H35N5O5. The first kappa shape index (κ1) is 25.6. The standard InChI is InChI=1S/C26H35N5O5/c1-34-21-14-20(15-22(35-2)25(21)36-18-23(27)32)26(33)31-9-5-6-19(17-31)16-29-10-12-30(13-11-29)24-7-3-4-8-28-24/h3-4,7-8,14-15,19H,5-6,9-13,16-18H2,1-2H3,(H2,27,32). The molecule has 0 aliphatic carbocycles. The number of nitrogens with two attached hydrogens (primary N) is 1. The van der Waals surface area contributed by atoms with Crippen LogP contribution in [0.4, 0.5) is 5.82 Å². The summed E-state index contributed by atoms with van der Waals surface area (Å²) in [6.07, 6.45) is 3.91. The van der Waals surface area contributed by atoms with Crippen molar-refractivity contribution in [3.8, 4) is 17.2 Å². The van der Waals surface area contributed by atoms with Gasteiger partial charge in [-0.25, -0.2) is 4.98 Å². The van der Waals surface area contributed by atoms with E-state index in [1.165, 1.54) is 14.2 Å².